The van der Waals surface area contributed by atoms with E-state index in [1.54, 1.807) is 24.3 Å². The van der Waals surface area contributed by atoms with Gasteiger partial charge in [0.15, 0.2) is 5.16 Å². The fourth-order valence-electron chi connectivity index (χ4n) is 2.61. The molecule has 1 amide bonds. The van der Waals surface area contributed by atoms with Crippen molar-refractivity contribution in [3.8, 4) is 0 Å². The number of benzene rings is 2. The number of nitrogens with zero attached hydrogens (tertiary/aromatic N) is 3. The van der Waals surface area contributed by atoms with E-state index in [4.69, 9.17) is 0 Å². The van der Waals surface area contributed by atoms with Crippen molar-refractivity contribution in [3.63, 3.8) is 0 Å². The summed E-state index contributed by atoms with van der Waals surface area (Å²) < 4.78 is 27.6. The van der Waals surface area contributed by atoms with Crippen molar-refractivity contribution in [1.82, 2.24) is 14.9 Å². The third-order valence-electron chi connectivity index (χ3n) is 4.03. The number of amides is 1. The lowest BCUT2D eigenvalue weighted by atomic mass is 10.2. The Balaban J connectivity index is 1.59. The van der Waals surface area contributed by atoms with Crippen LogP contribution in [0.25, 0.3) is 11.0 Å². The van der Waals surface area contributed by atoms with Crippen LogP contribution in [0.3, 0.4) is 0 Å². The number of aromatic nitrogens is 2. The fourth-order valence-corrected chi connectivity index (χ4v) is 3.45. The van der Waals surface area contributed by atoms with Gasteiger partial charge in [0.25, 0.3) is 0 Å². The molecule has 0 saturated carbocycles. The highest BCUT2D eigenvalue weighted by molar-refractivity contribution is 7.99. The fraction of sp³-hybridized carbons (Fsp3) is 0.263. The zero-order chi connectivity index (χ0) is 19.4. The van der Waals surface area contributed by atoms with E-state index >= 15 is 0 Å². The zero-order valence-corrected chi connectivity index (χ0v) is 15.8. The van der Waals surface area contributed by atoms with Crippen LogP contribution in [0.5, 0.6) is 0 Å². The van der Waals surface area contributed by atoms with Crippen LogP contribution in [0.1, 0.15) is 12.1 Å². The molecule has 8 heteroatoms. The van der Waals surface area contributed by atoms with Gasteiger partial charge < -0.3 is 10.2 Å². The molecule has 2 aromatic carbocycles. The predicted molar refractivity (Wildman–Crippen MR) is 104 cm³/mol. The first-order valence-electron chi connectivity index (χ1n) is 8.36. The molecular weight excluding hydrogens is 370 g/mol. The number of halogens is 2. The molecule has 0 unspecified atom stereocenters. The molecule has 3 aromatic rings. The average Bonchev–Trinajstić information content (AvgIpc) is 3.03. The normalized spacial score (nSPS) is 11.1. The molecule has 1 aromatic heterocycles. The van der Waals surface area contributed by atoms with E-state index in [-0.39, 0.29) is 16.8 Å². The van der Waals surface area contributed by atoms with Gasteiger partial charge >= 0.3 is 6.55 Å². The summed E-state index contributed by atoms with van der Waals surface area (Å²) in [6.45, 7) is -2.32. The molecule has 0 atom stereocenters. The Hall–Kier alpha value is -2.61. The molecule has 0 bridgehead atoms. The molecule has 1 heterocycles. The van der Waals surface area contributed by atoms with E-state index in [2.05, 4.69) is 10.3 Å². The topological polar surface area (TPSA) is 50.2 Å². The van der Waals surface area contributed by atoms with Gasteiger partial charge in [-0.05, 0) is 29.8 Å². The molecule has 27 heavy (non-hydrogen) atoms. The van der Waals surface area contributed by atoms with Crippen LogP contribution in [0.4, 0.5) is 14.5 Å². The lowest BCUT2D eigenvalue weighted by Gasteiger charge is -2.13. The number of hydrogen-bond acceptors (Lipinski definition) is 4. The highest BCUT2D eigenvalue weighted by Gasteiger charge is 2.18. The zero-order valence-electron chi connectivity index (χ0n) is 15.0. The Bertz CT molecular complexity index is 925. The van der Waals surface area contributed by atoms with E-state index in [1.807, 2.05) is 43.3 Å². The van der Waals surface area contributed by atoms with Crippen LogP contribution in [-0.2, 0) is 11.3 Å². The number of hydrogen-bond donors (Lipinski definition) is 1. The van der Waals surface area contributed by atoms with Crippen molar-refractivity contribution in [2.24, 2.45) is 0 Å². The lowest BCUT2D eigenvalue weighted by Crippen LogP contribution is -2.24. The van der Waals surface area contributed by atoms with Gasteiger partial charge in [-0.3, -0.25) is 9.36 Å². The highest BCUT2D eigenvalue weighted by atomic mass is 32.2. The first-order valence-corrected chi connectivity index (χ1v) is 9.35. The number of thioether (sulfide) groups is 1. The molecule has 1 N–H and O–H groups in total. The number of rotatable bonds is 7. The van der Waals surface area contributed by atoms with Gasteiger partial charge in [-0.1, -0.05) is 36.0 Å². The van der Waals surface area contributed by atoms with Crippen molar-refractivity contribution < 1.29 is 13.6 Å². The van der Waals surface area contributed by atoms with Gasteiger partial charge in [0.05, 0.1) is 16.8 Å². The summed E-state index contributed by atoms with van der Waals surface area (Å²) in [5.41, 5.74) is 2.89. The Morgan fingerprint density at radius 1 is 1.19 bits per heavy atom. The van der Waals surface area contributed by atoms with Crippen molar-refractivity contribution in [2.75, 3.05) is 24.7 Å². The van der Waals surface area contributed by atoms with Gasteiger partial charge in [-0.25, -0.2) is 4.98 Å². The summed E-state index contributed by atoms with van der Waals surface area (Å²) >= 11 is 1.00. The summed E-state index contributed by atoms with van der Waals surface area (Å²) in [6.07, 6.45) is 0. The van der Waals surface area contributed by atoms with Gasteiger partial charge in [0.2, 0.25) is 5.91 Å². The van der Waals surface area contributed by atoms with E-state index in [0.29, 0.717) is 17.6 Å². The number of imidazole rings is 1. The maximum atomic E-state index is 13.4. The van der Waals surface area contributed by atoms with Crippen molar-refractivity contribution in [2.45, 2.75) is 18.3 Å². The molecule has 3 rings (SSSR count). The van der Waals surface area contributed by atoms with Gasteiger partial charge in [0, 0.05) is 26.3 Å². The summed E-state index contributed by atoms with van der Waals surface area (Å²) in [6, 6.07) is 14.5. The van der Waals surface area contributed by atoms with E-state index < -0.39 is 6.55 Å². The summed E-state index contributed by atoms with van der Waals surface area (Å²) in [5.74, 6) is -0.212. The highest BCUT2D eigenvalue weighted by Crippen LogP contribution is 2.29. The Kier molecular flexibility index (Phi) is 5.95. The Labute approximate surface area is 160 Å². The van der Waals surface area contributed by atoms with Gasteiger partial charge in [0.1, 0.15) is 0 Å². The molecule has 0 aliphatic carbocycles. The van der Waals surface area contributed by atoms with Gasteiger partial charge in [-0.15, -0.1) is 0 Å². The molecule has 5 nitrogen and oxygen atoms in total. The standard InChI is InChI=1S/C19H20F2N4OS/c1-24(2)14-9-7-13(8-10-14)11-22-17(26)12-27-19-23-15-5-3-4-6-16(15)25(19)18(20)21/h3-10,18H,11-12H2,1-2H3,(H,22,26). The van der Waals surface area contributed by atoms with E-state index in [9.17, 15) is 13.6 Å². The van der Waals surface area contributed by atoms with Crippen LogP contribution in [0, 0.1) is 0 Å². The number of anilines is 1. The van der Waals surface area contributed by atoms with Gasteiger partial charge in [-0.2, -0.15) is 8.78 Å². The number of para-hydroxylation sites is 2. The molecule has 142 valence electrons. The second kappa shape index (κ2) is 8.39. The molecule has 0 aliphatic rings. The maximum Gasteiger partial charge on any atom is 0.321 e. The SMILES string of the molecule is CN(C)c1ccc(CNC(=O)CSc2nc3ccccc3n2C(F)F)cc1. The number of nitrogens with one attached hydrogen (secondary N) is 1. The third-order valence-corrected chi connectivity index (χ3v) is 4.99. The lowest BCUT2D eigenvalue weighted by molar-refractivity contribution is -0.118. The number of fused-ring (bicyclic) bond motifs is 1. The number of carbonyl (C=O) groups is 1. The molecule has 0 saturated heterocycles. The van der Waals surface area contributed by atoms with Crippen LogP contribution in [0.15, 0.2) is 53.7 Å². The summed E-state index contributed by atoms with van der Waals surface area (Å²) in [5, 5.41) is 2.94. The molecule has 0 spiro atoms. The van der Waals surface area contributed by atoms with Crippen molar-refractivity contribution in [3.05, 3.63) is 54.1 Å². The van der Waals surface area contributed by atoms with Crippen molar-refractivity contribution in [1.29, 1.82) is 0 Å². The number of alkyl halides is 2. The van der Waals surface area contributed by atoms with Crippen molar-refractivity contribution >= 4 is 34.4 Å². The Morgan fingerprint density at radius 2 is 1.89 bits per heavy atom. The second-order valence-corrected chi connectivity index (χ2v) is 7.10. The van der Waals surface area contributed by atoms with Crippen LogP contribution >= 0.6 is 11.8 Å². The number of carbonyl (C=O) groups excluding carboxylic acids is 1. The summed E-state index contributed by atoms with van der Waals surface area (Å²) in [4.78, 5) is 18.3. The quantitative estimate of drug-likeness (QED) is 0.622. The average molecular weight is 390 g/mol. The third kappa shape index (κ3) is 4.57. The largest absolute Gasteiger partial charge is 0.378 e. The maximum absolute atomic E-state index is 13.4. The monoisotopic (exact) mass is 390 g/mol. The predicted octanol–water partition coefficient (Wildman–Crippen LogP) is 3.91. The smallest absolute Gasteiger partial charge is 0.321 e. The minimum absolute atomic E-state index is 0.0197. The Morgan fingerprint density at radius 3 is 2.56 bits per heavy atom. The van der Waals surface area contributed by atoms with Crippen LogP contribution in [-0.4, -0.2) is 35.3 Å². The minimum atomic E-state index is -2.71. The van der Waals surface area contributed by atoms with Crippen LogP contribution < -0.4 is 10.2 Å². The first-order chi connectivity index (χ1) is 13.0. The molecule has 0 radical (unpaired) electrons. The van der Waals surface area contributed by atoms with Crippen LogP contribution in [0.2, 0.25) is 0 Å². The van der Waals surface area contributed by atoms with E-state index in [1.165, 1.54) is 0 Å². The van der Waals surface area contributed by atoms with E-state index in [0.717, 1.165) is 27.6 Å². The molecule has 0 aliphatic heterocycles. The summed E-state index contributed by atoms with van der Waals surface area (Å²) in [7, 11) is 3.92. The minimum Gasteiger partial charge on any atom is -0.378 e. The second-order valence-electron chi connectivity index (χ2n) is 6.16. The molecule has 0 fully saturated rings. The molecular formula is C19H20F2N4OS. The first kappa shape index (κ1) is 19.2.